The van der Waals surface area contributed by atoms with Crippen molar-refractivity contribution in [3.05, 3.63) is 194 Å². The molecule has 0 bridgehead atoms. The van der Waals surface area contributed by atoms with Gasteiger partial charge in [-0.05, 0) is 91.2 Å². The lowest BCUT2D eigenvalue weighted by Crippen LogP contribution is -1.94. The van der Waals surface area contributed by atoms with E-state index < -0.39 is 0 Å². The van der Waals surface area contributed by atoms with Gasteiger partial charge in [0, 0.05) is 5.56 Å². The van der Waals surface area contributed by atoms with Crippen molar-refractivity contribution in [3.63, 3.8) is 0 Å². The second-order valence-electron chi connectivity index (χ2n) is 11.6. The van der Waals surface area contributed by atoms with Crippen molar-refractivity contribution >= 4 is 16.3 Å². The molecule has 0 spiro atoms. The Morgan fingerprint density at radius 1 is 0.521 bits per heavy atom. The lowest BCUT2D eigenvalue weighted by Gasteiger charge is -2.14. The third-order valence-electron chi connectivity index (χ3n) is 8.68. The van der Waals surface area contributed by atoms with Crippen LogP contribution in [0.4, 0.5) is 0 Å². The highest BCUT2D eigenvalue weighted by Gasteiger charge is 2.13. The van der Waals surface area contributed by atoms with Crippen molar-refractivity contribution in [2.45, 2.75) is 0 Å². The molecule has 0 aliphatic rings. The first-order valence-electron chi connectivity index (χ1n) is 15.9. The van der Waals surface area contributed by atoms with Crippen LogP contribution in [0.1, 0.15) is 11.3 Å². The fourth-order valence-corrected chi connectivity index (χ4v) is 6.24. The van der Waals surface area contributed by atoms with Crippen LogP contribution in [0.5, 0.6) is 0 Å². The van der Waals surface area contributed by atoms with Crippen LogP contribution in [-0.4, -0.2) is 4.98 Å². The third-order valence-corrected chi connectivity index (χ3v) is 8.68. The molecule has 1 heterocycles. The van der Waals surface area contributed by atoms with Gasteiger partial charge in [0.15, 0.2) is 0 Å². The fraction of sp³-hybridized carbons (Fsp3) is 0. The molecule has 0 fully saturated rings. The number of pyridine rings is 1. The van der Waals surface area contributed by atoms with Gasteiger partial charge in [-0.1, -0.05) is 153 Å². The molecule has 0 amide bonds. The maximum Gasteiger partial charge on any atom is 0.0991 e. The highest BCUT2D eigenvalue weighted by Crippen LogP contribution is 2.38. The number of hydrogen-bond donors (Lipinski definition) is 0. The van der Waals surface area contributed by atoms with Gasteiger partial charge in [0.1, 0.15) is 0 Å². The van der Waals surface area contributed by atoms with Gasteiger partial charge < -0.3 is 0 Å². The molecular formula is C46H32N2. The second kappa shape index (κ2) is 13.4. The van der Waals surface area contributed by atoms with Gasteiger partial charge in [-0.25, -0.2) is 4.98 Å². The number of fused-ring (bicyclic) bond motifs is 1. The lowest BCUT2D eigenvalue weighted by atomic mass is 9.90. The quantitative estimate of drug-likeness (QED) is 0.160. The largest absolute Gasteiger partial charge is 0.248 e. The molecule has 0 unspecified atom stereocenters. The van der Waals surface area contributed by atoms with E-state index >= 15 is 0 Å². The predicted molar refractivity (Wildman–Crippen MR) is 202 cm³/mol. The molecule has 6 aromatic carbocycles. The normalized spacial score (nSPS) is 11.2. The van der Waals surface area contributed by atoms with Crippen LogP contribution in [0.15, 0.2) is 183 Å². The number of nitrogens with zero attached hydrogens (tertiary/aromatic N) is 2. The van der Waals surface area contributed by atoms with Crippen molar-refractivity contribution < 1.29 is 0 Å². The Morgan fingerprint density at radius 3 is 1.75 bits per heavy atom. The molecule has 0 atom stereocenters. The molecule has 0 radical (unpaired) electrons. The number of benzene rings is 6. The highest BCUT2D eigenvalue weighted by atomic mass is 14.7. The standard InChI is InChI=1S/C46H32N2/c1-3-11-33(4-2)45-29-40(30-46(48-45)37-12-6-5-7-13-37)38-14-10-15-39(28-38)42-27-26-41(43-16-8-9-17-44(42)43)36-24-22-35(23-25-36)34-20-18-32(31-47)19-21-34/h3-30H,1-2H2/b33-11+. The van der Waals surface area contributed by atoms with Gasteiger partial charge in [0.05, 0.1) is 23.0 Å². The fourth-order valence-electron chi connectivity index (χ4n) is 6.24. The van der Waals surface area contributed by atoms with E-state index in [1.807, 2.05) is 54.6 Å². The summed E-state index contributed by atoms with van der Waals surface area (Å²) in [6.45, 7) is 7.92. The zero-order chi connectivity index (χ0) is 32.9. The predicted octanol–water partition coefficient (Wildman–Crippen LogP) is 12.2. The highest BCUT2D eigenvalue weighted by molar-refractivity contribution is 6.05. The maximum atomic E-state index is 9.15. The third kappa shape index (κ3) is 6.01. The van der Waals surface area contributed by atoms with Crippen LogP contribution >= 0.6 is 0 Å². The Morgan fingerprint density at radius 2 is 1.10 bits per heavy atom. The molecule has 1 aromatic heterocycles. The van der Waals surface area contributed by atoms with E-state index in [-0.39, 0.29) is 0 Å². The molecule has 0 aliphatic carbocycles. The summed E-state index contributed by atoms with van der Waals surface area (Å²) in [6, 6.07) is 55.0. The first kappa shape index (κ1) is 30.1. The first-order chi connectivity index (χ1) is 23.6. The molecule has 0 saturated carbocycles. The zero-order valence-electron chi connectivity index (χ0n) is 26.5. The Balaban J connectivity index is 1.29. The van der Waals surface area contributed by atoms with Crippen LogP contribution in [0.3, 0.4) is 0 Å². The Bertz CT molecular complexity index is 2350. The van der Waals surface area contributed by atoms with Crippen molar-refractivity contribution in [2.75, 3.05) is 0 Å². The number of rotatable bonds is 8. The molecule has 7 aromatic rings. The van der Waals surface area contributed by atoms with Crippen LogP contribution in [0, 0.1) is 11.3 Å². The summed E-state index contributed by atoms with van der Waals surface area (Å²) in [5, 5.41) is 11.6. The van der Waals surface area contributed by atoms with E-state index in [9.17, 15) is 0 Å². The number of nitriles is 1. The summed E-state index contributed by atoms with van der Waals surface area (Å²) in [5.41, 5.74) is 13.5. The minimum atomic E-state index is 0.664. The summed E-state index contributed by atoms with van der Waals surface area (Å²) in [6.07, 6.45) is 5.54. The molecular weight excluding hydrogens is 581 g/mol. The molecule has 48 heavy (non-hydrogen) atoms. The van der Waals surface area contributed by atoms with E-state index in [2.05, 4.69) is 128 Å². The van der Waals surface area contributed by atoms with Crippen LogP contribution in [-0.2, 0) is 0 Å². The summed E-state index contributed by atoms with van der Waals surface area (Å²) in [7, 11) is 0. The smallest absolute Gasteiger partial charge is 0.0991 e. The van der Waals surface area contributed by atoms with E-state index in [0.717, 1.165) is 55.9 Å². The molecule has 0 saturated heterocycles. The van der Waals surface area contributed by atoms with E-state index in [1.54, 1.807) is 6.08 Å². The van der Waals surface area contributed by atoms with Gasteiger partial charge in [0.25, 0.3) is 0 Å². The van der Waals surface area contributed by atoms with E-state index in [4.69, 9.17) is 10.2 Å². The van der Waals surface area contributed by atoms with Crippen molar-refractivity contribution in [3.8, 4) is 61.8 Å². The molecule has 7 rings (SSSR count). The van der Waals surface area contributed by atoms with Crippen LogP contribution < -0.4 is 0 Å². The average molecular weight is 613 g/mol. The van der Waals surface area contributed by atoms with Crippen molar-refractivity contribution in [1.82, 2.24) is 4.98 Å². The van der Waals surface area contributed by atoms with Gasteiger partial charge in [-0.3, -0.25) is 0 Å². The monoisotopic (exact) mass is 612 g/mol. The molecule has 0 aliphatic heterocycles. The minimum absolute atomic E-state index is 0.664. The van der Waals surface area contributed by atoms with Crippen molar-refractivity contribution in [1.29, 1.82) is 5.26 Å². The van der Waals surface area contributed by atoms with E-state index in [0.29, 0.717) is 5.56 Å². The van der Waals surface area contributed by atoms with E-state index in [1.165, 1.54) is 21.9 Å². The number of hydrogen-bond acceptors (Lipinski definition) is 2. The minimum Gasteiger partial charge on any atom is -0.248 e. The summed E-state index contributed by atoms with van der Waals surface area (Å²) >= 11 is 0. The van der Waals surface area contributed by atoms with Gasteiger partial charge in [0.2, 0.25) is 0 Å². The Kier molecular flexibility index (Phi) is 8.43. The lowest BCUT2D eigenvalue weighted by molar-refractivity contribution is 1.28. The molecule has 226 valence electrons. The number of allylic oxidation sites excluding steroid dienone is 4. The SMILES string of the molecule is C=C/C=C(\C=C)c1cc(-c2cccc(-c3ccc(-c4ccc(-c5ccc(C#N)cc5)cc4)c4ccccc34)c2)cc(-c2ccccc2)n1. The average Bonchev–Trinajstić information content (AvgIpc) is 3.17. The van der Waals surface area contributed by atoms with Gasteiger partial charge >= 0.3 is 0 Å². The van der Waals surface area contributed by atoms with Gasteiger partial charge in [-0.15, -0.1) is 0 Å². The zero-order valence-corrected chi connectivity index (χ0v) is 26.5. The Hall–Kier alpha value is -6.56. The van der Waals surface area contributed by atoms with Gasteiger partial charge in [-0.2, -0.15) is 5.26 Å². The summed E-state index contributed by atoms with van der Waals surface area (Å²) in [5.74, 6) is 0. The number of aromatic nitrogens is 1. The second-order valence-corrected chi connectivity index (χ2v) is 11.6. The molecule has 0 N–H and O–H groups in total. The molecule has 2 nitrogen and oxygen atoms in total. The van der Waals surface area contributed by atoms with Crippen molar-refractivity contribution in [2.24, 2.45) is 0 Å². The maximum absolute atomic E-state index is 9.15. The van der Waals surface area contributed by atoms with Crippen LogP contribution in [0.25, 0.3) is 72.1 Å². The Labute approximate surface area is 281 Å². The summed E-state index contributed by atoms with van der Waals surface area (Å²) in [4.78, 5) is 5.01. The topological polar surface area (TPSA) is 36.7 Å². The molecule has 2 heteroatoms. The summed E-state index contributed by atoms with van der Waals surface area (Å²) < 4.78 is 0. The van der Waals surface area contributed by atoms with Crippen LogP contribution in [0.2, 0.25) is 0 Å². The first-order valence-corrected chi connectivity index (χ1v) is 15.9.